The average molecular weight is 344 g/mol. The van der Waals surface area contributed by atoms with Crippen LogP contribution in [0, 0.1) is 4.77 Å². The van der Waals surface area contributed by atoms with Gasteiger partial charge < -0.3 is 15.2 Å². The Bertz CT molecular complexity index is 781. The summed E-state index contributed by atoms with van der Waals surface area (Å²) >= 11 is 5.28. The molecular weight excluding hydrogens is 324 g/mol. The van der Waals surface area contributed by atoms with Gasteiger partial charge in [0, 0.05) is 37.9 Å². The van der Waals surface area contributed by atoms with Gasteiger partial charge in [0.15, 0.2) is 4.77 Å². The lowest BCUT2D eigenvalue weighted by Gasteiger charge is -2.15. The Hall–Kier alpha value is -2.41. The molecule has 2 N–H and O–H groups in total. The van der Waals surface area contributed by atoms with Crippen molar-refractivity contribution in [2.75, 3.05) is 19.6 Å². The van der Waals surface area contributed by atoms with Crippen molar-refractivity contribution in [2.45, 2.75) is 19.3 Å². The third-order valence-corrected chi connectivity index (χ3v) is 4.39. The first kappa shape index (κ1) is 16.4. The second kappa shape index (κ2) is 7.44. The van der Waals surface area contributed by atoms with Gasteiger partial charge in [-0.1, -0.05) is 18.2 Å². The monoisotopic (exact) mass is 344 g/mol. The summed E-state index contributed by atoms with van der Waals surface area (Å²) in [6.45, 7) is 2.05. The number of rotatable bonds is 6. The van der Waals surface area contributed by atoms with E-state index >= 15 is 0 Å². The number of carbonyl (C=O) groups excluding carboxylic acids is 2. The number of nitrogens with zero attached hydrogens (tertiary/aromatic N) is 2. The van der Waals surface area contributed by atoms with Gasteiger partial charge in [-0.3, -0.25) is 14.2 Å². The molecule has 1 aromatic carbocycles. The van der Waals surface area contributed by atoms with Crippen LogP contribution in [0.3, 0.4) is 0 Å². The smallest absolute Gasteiger partial charge is 0.269 e. The van der Waals surface area contributed by atoms with Gasteiger partial charge in [-0.2, -0.15) is 0 Å². The number of nitrogens with one attached hydrogen (secondary N) is 2. The molecule has 24 heavy (non-hydrogen) atoms. The Balaban J connectivity index is 1.60. The summed E-state index contributed by atoms with van der Waals surface area (Å²) in [6, 6.07) is 9.52. The van der Waals surface area contributed by atoms with E-state index in [4.69, 9.17) is 12.2 Å². The minimum atomic E-state index is -0.182. The van der Waals surface area contributed by atoms with E-state index in [2.05, 4.69) is 10.3 Å². The van der Waals surface area contributed by atoms with Crippen molar-refractivity contribution in [1.82, 2.24) is 19.8 Å². The van der Waals surface area contributed by atoms with Crippen LogP contribution in [0.2, 0.25) is 0 Å². The molecule has 1 fully saturated rings. The molecule has 0 unspecified atom stereocenters. The number of hydrogen-bond acceptors (Lipinski definition) is 3. The number of imidazole rings is 1. The lowest BCUT2D eigenvalue weighted by molar-refractivity contribution is -0.127. The zero-order valence-electron chi connectivity index (χ0n) is 13.3. The number of hydrogen-bond donors (Lipinski definition) is 2. The zero-order chi connectivity index (χ0) is 16.9. The Kier molecular flexibility index (Phi) is 5.10. The second-order valence-corrected chi connectivity index (χ2v) is 6.13. The van der Waals surface area contributed by atoms with E-state index in [0.29, 0.717) is 30.0 Å². The quantitative estimate of drug-likeness (QED) is 0.624. The first-order chi connectivity index (χ1) is 11.7. The molecular formula is C17H20N4O2S. The van der Waals surface area contributed by atoms with Crippen LogP contribution < -0.4 is 5.32 Å². The molecule has 0 saturated carbocycles. The van der Waals surface area contributed by atoms with E-state index in [0.717, 1.165) is 25.1 Å². The van der Waals surface area contributed by atoms with Crippen LogP contribution in [0.5, 0.6) is 0 Å². The number of aromatic amines is 1. The van der Waals surface area contributed by atoms with E-state index in [9.17, 15) is 9.59 Å². The van der Waals surface area contributed by atoms with Crippen LogP contribution >= 0.6 is 12.2 Å². The molecule has 0 radical (unpaired) electrons. The summed E-state index contributed by atoms with van der Waals surface area (Å²) in [6.07, 6.45) is 3.95. The normalized spacial score (nSPS) is 14.2. The summed E-state index contributed by atoms with van der Waals surface area (Å²) in [5.74, 6) is 0.0311. The molecule has 3 rings (SSSR count). The molecule has 1 aliphatic rings. The molecule has 2 amide bonds. The summed E-state index contributed by atoms with van der Waals surface area (Å²) in [4.78, 5) is 28.8. The van der Waals surface area contributed by atoms with E-state index in [-0.39, 0.29) is 11.8 Å². The summed E-state index contributed by atoms with van der Waals surface area (Å²) in [5.41, 5.74) is 1.32. The predicted molar refractivity (Wildman–Crippen MR) is 93.7 cm³/mol. The molecule has 0 bridgehead atoms. The number of H-pyrrole nitrogens is 1. The van der Waals surface area contributed by atoms with E-state index < -0.39 is 0 Å². The van der Waals surface area contributed by atoms with Gasteiger partial charge >= 0.3 is 0 Å². The second-order valence-electron chi connectivity index (χ2n) is 5.74. The summed E-state index contributed by atoms with van der Waals surface area (Å²) < 4.78 is 2.20. The van der Waals surface area contributed by atoms with Gasteiger partial charge in [-0.15, -0.1) is 0 Å². The Labute approximate surface area is 145 Å². The first-order valence-electron chi connectivity index (χ1n) is 8.08. The van der Waals surface area contributed by atoms with E-state index in [1.54, 1.807) is 10.8 Å². The van der Waals surface area contributed by atoms with Crippen molar-refractivity contribution in [3.63, 3.8) is 0 Å². The molecule has 126 valence electrons. The molecule has 7 heteroatoms. The molecule has 1 aliphatic heterocycles. The molecule has 0 spiro atoms. The van der Waals surface area contributed by atoms with Crippen molar-refractivity contribution >= 4 is 24.0 Å². The van der Waals surface area contributed by atoms with E-state index in [1.165, 1.54) is 0 Å². The molecule has 1 saturated heterocycles. The zero-order valence-corrected chi connectivity index (χ0v) is 14.1. The molecule has 6 nitrogen and oxygen atoms in total. The van der Waals surface area contributed by atoms with Gasteiger partial charge in [-0.05, 0) is 37.2 Å². The summed E-state index contributed by atoms with van der Waals surface area (Å²) in [7, 11) is 0. The highest BCUT2D eigenvalue weighted by Gasteiger charge is 2.19. The van der Waals surface area contributed by atoms with Crippen molar-refractivity contribution in [1.29, 1.82) is 0 Å². The number of para-hydroxylation sites is 1. The maximum atomic E-state index is 12.4. The van der Waals surface area contributed by atoms with Gasteiger partial charge in [0.25, 0.3) is 5.91 Å². The van der Waals surface area contributed by atoms with Gasteiger partial charge in [-0.25, -0.2) is 0 Å². The number of likely N-dealkylation sites (tertiary alicyclic amines) is 1. The average Bonchev–Trinajstić information content (AvgIpc) is 3.18. The van der Waals surface area contributed by atoms with Crippen LogP contribution in [0.1, 0.15) is 29.8 Å². The number of amides is 2. The van der Waals surface area contributed by atoms with Crippen LogP contribution in [0.25, 0.3) is 5.69 Å². The van der Waals surface area contributed by atoms with Crippen LogP contribution in [-0.2, 0) is 4.79 Å². The minimum absolute atomic E-state index is 0.182. The van der Waals surface area contributed by atoms with Crippen molar-refractivity contribution in [2.24, 2.45) is 0 Å². The third-order valence-electron chi connectivity index (χ3n) is 4.09. The van der Waals surface area contributed by atoms with Crippen LogP contribution in [-0.4, -0.2) is 45.9 Å². The predicted octanol–water partition coefficient (Wildman–Crippen LogP) is 2.28. The van der Waals surface area contributed by atoms with Gasteiger partial charge in [0.2, 0.25) is 5.91 Å². The largest absolute Gasteiger partial charge is 0.351 e. The SMILES string of the molecule is O=C(NCCCN1CCCC1=O)c1c[nH]c(=S)n1-c1ccccc1. The summed E-state index contributed by atoms with van der Waals surface area (Å²) in [5, 5.41) is 2.90. The lowest BCUT2D eigenvalue weighted by atomic mass is 10.3. The van der Waals surface area contributed by atoms with Gasteiger partial charge in [0.1, 0.15) is 5.69 Å². The lowest BCUT2D eigenvalue weighted by Crippen LogP contribution is -2.31. The highest BCUT2D eigenvalue weighted by molar-refractivity contribution is 7.71. The first-order valence-corrected chi connectivity index (χ1v) is 8.49. The highest BCUT2D eigenvalue weighted by atomic mass is 32.1. The molecule has 0 atom stereocenters. The van der Waals surface area contributed by atoms with Crippen LogP contribution in [0.15, 0.2) is 36.5 Å². The Morgan fingerprint density at radius 2 is 2.08 bits per heavy atom. The van der Waals surface area contributed by atoms with Crippen molar-refractivity contribution in [3.05, 3.63) is 47.0 Å². The van der Waals surface area contributed by atoms with Gasteiger partial charge in [0.05, 0.1) is 0 Å². The maximum Gasteiger partial charge on any atom is 0.269 e. The highest BCUT2D eigenvalue weighted by Crippen LogP contribution is 2.13. The Morgan fingerprint density at radius 3 is 2.79 bits per heavy atom. The fourth-order valence-corrected chi connectivity index (χ4v) is 3.13. The molecule has 2 aromatic rings. The van der Waals surface area contributed by atoms with Crippen LogP contribution in [0.4, 0.5) is 0 Å². The minimum Gasteiger partial charge on any atom is -0.351 e. The Morgan fingerprint density at radius 1 is 1.29 bits per heavy atom. The standard InChI is InChI=1S/C17H20N4O2S/c22-15-8-4-10-20(15)11-5-9-18-16(23)14-12-19-17(24)21(14)13-6-2-1-3-7-13/h1-3,6-7,12H,4-5,8-11H2,(H,18,23)(H,19,24). The third kappa shape index (κ3) is 3.56. The fourth-order valence-electron chi connectivity index (χ4n) is 2.87. The topological polar surface area (TPSA) is 70.1 Å². The molecule has 1 aromatic heterocycles. The fraction of sp³-hybridized carbons (Fsp3) is 0.353. The molecule has 2 heterocycles. The van der Waals surface area contributed by atoms with Crippen molar-refractivity contribution in [3.8, 4) is 5.69 Å². The van der Waals surface area contributed by atoms with E-state index in [1.807, 2.05) is 35.2 Å². The van der Waals surface area contributed by atoms with Crippen molar-refractivity contribution < 1.29 is 9.59 Å². The number of aromatic nitrogens is 2. The number of carbonyl (C=O) groups is 2. The number of benzene rings is 1. The maximum absolute atomic E-state index is 12.4. The molecule has 0 aliphatic carbocycles.